The number of hydrogen-bond donors (Lipinski definition) is 2. The molecular weight excluding hydrogens is 118 g/mol. The Hall–Kier alpha value is -1.01. The second-order valence-corrected chi connectivity index (χ2v) is 1.82. The van der Waals surface area contributed by atoms with E-state index >= 15 is 0 Å². The summed E-state index contributed by atoms with van der Waals surface area (Å²) in [5.41, 5.74) is 5.13. The van der Waals surface area contributed by atoms with E-state index < -0.39 is 17.9 Å². The molecule has 2 atom stereocenters. The lowest BCUT2D eigenvalue weighted by atomic mass is 10.1. The van der Waals surface area contributed by atoms with Crippen LogP contribution in [0.15, 0.2) is 0 Å². The standard InChI is InChI=1S/C6H9NO2/c1-3-4(2)5(7)6(8)9/h1,4-5H,7H2,2H3,(H,8,9). The van der Waals surface area contributed by atoms with Crippen LogP contribution in [0.25, 0.3) is 0 Å². The lowest BCUT2D eigenvalue weighted by molar-refractivity contribution is -0.139. The zero-order valence-electron chi connectivity index (χ0n) is 5.16. The molecule has 0 spiro atoms. The second kappa shape index (κ2) is 3.10. The van der Waals surface area contributed by atoms with Crippen LogP contribution >= 0.6 is 0 Å². The van der Waals surface area contributed by atoms with Crippen molar-refractivity contribution < 1.29 is 9.90 Å². The molecule has 0 aromatic rings. The zero-order chi connectivity index (χ0) is 7.44. The molecule has 0 aliphatic heterocycles. The van der Waals surface area contributed by atoms with Crippen molar-refractivity contribution in [1.82, 2.24) is 0 Å². The predicted molar refractivity (Wildman–Crippen MR) is 33.6 cm³/mol. The highest BCUT2D eigenvalue weighted by atomic mass is 16.4. The molecule has 0 radical (unpaired) electrons. The fraction of sp³-hybridized carbons (Fsp3) is 0.500. The van der Waals surface area contributed by atoms with Gasteiger partial charge in [0.2, 0.25) is 0 Å². The molecule has 0 aromatic carbocycles. The van der Waals surface area contributed by atoms with Crippen LogP contribution < -0.4 is 5.73 Å². The first-order chi connectivity index (χ1) is 4.09. The van der Waals surface area contributed by atoms with Crippen molar-refractivity contribution in [3.8, 4) is 12.3 Å². The maximum atomic E-state index is 10.1. The van der Waals surface area contributed by atoms with Gasteiger partial charge in [0, 0.05) is 5.92 Å². The quantitative estimate of drug-likeness (QED) is 0.499. The highest BCUT2D eigenvalue weighted by Gasteiger charge is 2.16. The van der Waals surface area contributed by atoms with Gasteiger partial charge in [0.25, 0.3) is 0 Å². The third-order valence-electron chi connectivity index (χ3n) is 1.09. The second-order valence-electron chi connectivity index (χ2n) is 1.82. The van der Waals surface area contributed by atoms with Gasteiger partial charge in [-0.05, 0) is 6.92 Å². The molecule has 0 aliphatic rings. The van der Waals surface area contributed by atoms with Crippen LogP contribution in [-0.4, -0.2) is 17.1 Å². The largest absolute Gasteiger partial charge is 0.480 e. The summed E-state index contributed by atoms with van der Waals surface area (Å²) in [4.78, 5) is 10.1. The number of nitrogens with two attached hydrogens (primary N) is 1. The fourth-order valence-corrected chi connectivity index (χ4v) is 0.318. The van der Waals surface area contributed by atoms with Crippen LogP contribution in [0, 0.1) is 18.3 Å². The van der Waals surface area contributed by atoms with E-state index in [1.165, 1.54) is 0 Å². The maximum Gasteiger partial charge on any atom is 0.321 e. The van der Waals surface area contributed by atoms with E-state index in [0.717, 1.165) is 0 Å². The van der Waals surface area contributed by atoms with Gasteiger partial charge >= 0.3 is 5.97 Å². The van der Waals surface area contributed by atoms with Gasteiger partial charge in [-0.1, -0.05) is 0 Å². The number of carboxylic acid groups (broad SMARTS) is 1. The van der Waals surface area contributed by atoms with E-state index in [0.29, 0.717) is 0 Å². The minimum Gasteiger partial charge on any atom is -0.480 e. The number of carbonyl (C=O) groups is 1. The van der Waals surface area contributed by atoms with Gasteiger partial charge in [-0.3, -0.25) is 4.79 Å². The lowest BCUT2D eigenvalue weighted by Crippen LogP contribution is -2.35. The molecule has 0 bridgehead atoms. The number of terminal acetylenes is 1. The Morgan fingerprint density at radius 2 is 2.33 bits per heavy atom. The van der Waals surface area contributed by atoms with Crippen LogP contribution in [0.5, 0.6) is 0 Å². The summed E-state index contributed by atoms with van der Waals surface area (Å²) >= 11 is 0. The highest BCUT2D eigenvalue weighted by Crippen LogP contribution is 1.96. The van der Waals surface area contributed by atoms with Crippen LogP contribution in [-0.2, 0) is 4.79 Å². The first kappa shape index (κ1) is 7.99. The molecule has 3 nitrogen and oxygen atoms in total. The molecule has 0 aromatic heterocycles. The molecule has 0 heterocycles. The Labute approximate surface area is 53.9 Å². The van der Waals surface area contributed by atoms with Gasteiger partial charge < -0.3 is 10.8 Å². The molecule has 50 valence electrons. The molecule has 3 N–H and O–H groups in total. The monoisotopic (exact) mass is 127 g/mol. The van der Waals surface area contributed by atoms with Gasteiger partial charge in [-0.25, -0.2) is 0 Å². The van der Waals surface area contributed by atoms with Crippen LogP contribution in [0.1, 0.15) is 6.92 Å². The number of aliphatic carboxylic acids is 1. The van der Waals surface area contributed by atoms with E-state index in [1.54, 1.807) is 6.92 Å². The van der Waals surface area contributed by atoms with Crippen molar-refractivity contribution in [2.24, 2.45) is 11.7 Å². The zero-order valence-corrected chi connectivity index (χ0v) is 5.16. The predicted octanol–water partition coefficient (Wildman–Crippen LogP) is -0.332. The van der Waals surface area contributed by atoms with Gasteiger partial charge in [0.05, 0.1) is 0 Å². The first-order valence-electron chi connectivity index (χ1n) is 2.54. The van der Waals surface area contributed by atoms with Crippen molar-refractivity contribution in [3.05, 3.63) is 0 Å². The summed E-state index contributed by atoms with van der Waals surface area (Å²) in [7, 11) is 0. The maximum absolute atomic E-state index is 10.1. The number of rotatable bonds is 2. The molecule has 0 rings (SSSR count). The summed E-state index contributed by atoms with van der Waals surface area (Å²) < 4.78 is 0. The van der Waals surface area contributed by atoms with Crippen molar-refractivity contribution in [2.75, 3.05) is 0 Å². The molecule has 0 amide bonds. The molecule has 0 saturated heterocycles. The molecule has 9 heavy (non-hydrogen) atoms. The average molecular weight is 127 g/mol. The van der Waals surface area contributed by atoms with E-state index in [4.69, 9.17) is 17.3 Å². The highest BCUT2D eigenvalue weighted by molar-refractivity contribution is 5.73. The minimum absolute atomic E-state index is 0.400. The normalized spacial score (nSPS) is 15.7. The average Bonchev–Trinajstić information content (AvgIpc) is 1.84. The summed E-state index contributed by atoms with van der Waals surface area (Å²) in [6, 6.07) is -0.935. The van der Waals surface area contributed by atoms with Crippen molar-refractivity contribution >= 4 is 5.97 Å². The van der Waals surface area contributed by atoms with Crippen LogP contribution in [0.4, 0.5) is 0 Å². The fourth-order valence-electron chi connectivity index (χ4n) is 0.318. The van der Waals surface area contributed by atoms with E-state index in [9.17, 15) is 4.79 Å². The number of carboxylic acids is 1. The molecule has 2 unspecified atom stereocenters. The van der Waals surface area contributed by atoms with E-state index in [2.05, 4.69) is 5.92 Å². The Morgan fingerprint density at radius 1 is 1.89 bits per heavy atom. The van der Waals surface area contributed by atoms with Gasteiger partial charge in [0.15, 0.2) is 0 Å². The summed E-state index contributed by atoms with van der Waals surface area (Å²) in [5, 5.41) is 8.26. The first-order valence-corrected chi connectivity index (χ1v) is 2.54. The van der Waals surface area contributed by atoms with Gasteiger partial charge in [0.1, 0.15) is 6.04 Å². The number of hydrogen-bond acceptors (Lipinski definition) is 2. The Kier molecular flexibility index (Phi) is 2.75. The van der Waals surface area contributed by atoms with Crippen molar-refractivity contribution in [3.63, 3.8) is 0 Å². The van der Waals surface area contributed by atoms with Crippen molar-refractivity contribution in [1.29, 1.82) is 0 Å². The molecule has 0 fully saturated rings. The van der Waals surface area contributed by atoms with Gasteiger partial charge in [-0.2, -0.15) is 0 Å². The van der Waals surface area contributed by atoms with E-state index in [1.807, 2.05) is 0 Å². The third kappa shape index (κ3) is 2.15. The summed E-state index contributed by atoms with van der Waals surface area (Å²) in [5.74, 6) is 0.785. The third-order valence-corrected chi connectivity index (χ3v) is 1.09. The molecule has 0 aliphatic carbocycles. The van der Waals surface area contributed by atoms with Crippen molar-refractivity contribution in [2.45, 2.75) is 13.0 Å². The Bertz CT molecular complexity index is 148. The molecule has 3 heteroatoms. The smallest absolute Gasteiger partial charge is 0.321 e. The van der Waals surface area contributed by atoms with Crippen LogP contribution in [0.3, 0.4) is 0 Å². The minimum atomic E-state index is -1.06. The Balaban J connectivity index is 3.91. The lowest BCUT2D eigenvalue weighted by Gasteiger charge is -2.07. The molecule has 0 saturated carbocycles. The van der Waals surface area contributed by atoms with Crippen LogP contribution in [0.2, 0.25) is 0 Å². The van der Waals surface area contributed by atoms with E-state index in [-0.39, 0.29) is 0 Å². The Morgan fingerprint density at radius 3 is 2.44 bits per heavy atom. The summed E-state index contributed by atoms with van der Waals surface area (Å²) in [6.07, 6.45) is 4.92. The van der Waals surface area contributed by atoms with Gasteiger partial charge in [-0.15, -0.1) is 12.3 Å². The molecular formula is C6H9NO2. The topological polar surface area (TPSA) is 63.3 Å². The summed E-state index contributed by atoms with van der Waals surface area (Å²) in [6.45, 7) is 1.60. The SMILES string of the molecule is C#CC(C)C(N)C(=O)O.